The highest BCUT2D eigenvalue weighted by atomic mass is 16.5. The van der Waals surface area contributed by atoms with Gasteiger partial charge in [-0.1, -0.05) is 12.1 Å². The molecule has 4 aromatic rings. The average Bonchev–Trinajstić information content (AvgIpc) is 3.35. The van der Waals surface area contributed by atoms with Crippen LogP contribution in [0.15, 0.2) is 47.3 Å². The van der Waals surface area contributed by atoms with Crippen molar-refractivity contribution in [3.8, 4) is 5.75 Å². The summed E-state index contributed by atoms with van der Waals surface area (Å²) in [5, 5.41) is 16.4. The minimum absolute atomic E-state index is 0.0321. The van der Waals surface area contributed by atoms with E-state index >= 15 is 0 Å². The number of imidazole rings is 1. The number of likely N-dealkylation sites (tertiary alicyclic amines) is 1. The summed E-state index contributed by atoms with van der Waals surface area (Å²) in [7, 11) is 0. The first kappa shape index (κ1) is 22.6. The van der Waals surface area contributed by atoms with Crippen LogP contribution >= 0.6 is 0 Å². The monoisotopic (exact) mass is 474 g/mol. The highest BCUT2D eigenvalue weighted by Gasteiger charge is 2.22. The van der Waals surface area contributed by atoms with E-state index in [9.17, 15) is 4.79 Å². The summed E-state index contributed by atoms with van der Waals surface area (Å²) < 4.78 is 10.1. The standard InChI is InChI=1S/C25H30N8O2/c1-2-32-17(11-15-3-4-16(23(26)27)12-21(15)32)14-33-22-13-19(5-6-20(22)30-25(33)34)35-18-7-9-31(10-8-18)24(28)29/h3-6,11-13,18H,2,7-10,14H2,1H3,(H3,26,27)(H3,28,29)(H,30,34). The van der Waals surface area contributed by atoms with Gasteiger partial charge in [-0.3, -0.25) is 15.4 Å². The fraction of sp³-hybridized carbons (Fsp3) is 0.320. The van der Waals surface area contributed by atoms with Gasteiger partial charge in [0, 0.05) is 55.3 Å². The van der Waals surface area contributed by atoms with E-state index in [1.807, 2.05) is 41.3 Å². The first-order valence-corrected chi connectivity index (χ1v) is 11.8. The van der Waals surface area contributed by atoms with E-state index in [0.29, 0.717) is 30.9 Å². The van der Waals surface area contributed by atoms with E-state index in [1.165, 1.54) is 0 Å². The molecule has 0 spiro atoms. The van der Waals surface area contributed by atoms with Gasteiger partial charge in [-0.25, -0.2) is 4.79 Å². The number of benzene rings is 2. The Labute approximate surface area is 202 Å². The zero-order chi connectivity index (χ0) is 24.7. The maximum absolute atomic E-state index is 12.9. The molecule has 2 aromatic carbocycles. The number of guanidine groups is 1. The molecule has 3 heterocycles. The number of hydrogen-bond donors (Lipinski definition) is 5. The number of nitrogens with one attached hydrogen (secondary N) is 3. The van der Waals surface area contributed by atoms with Crippen LogP contribution in [0.5, 0.6) is 5.75 Å². The summed E-state index contributed by atoms with van der Waals surface area (Å²) in [5.41, 5.74) is 15.3. The minimum Gasteiger partial charge on any atom is -0.490 e. The number of fused-ring (bicyclic) bond motifs is 2. The Morgan fingerprint density at radius 1 is 1.06 bits per heavy atom. The largest absolute Gasteiger partial charge is 0.490 e. The smallest absolute Gasteiger partial charge is 0.326 e. The average molecular weight is 475 g/mol. The summed E-state index contributed by atoms with van der Waals surface area (Å²) >= 11 is 0. The molecule has 1 aliphatic rings. The molecule has 0 saturated carbocycles. The molecule has 10 nitrogen and oxygen atoms in total. The highest BCUT2D eigenvalue weighted by molar-refractivity contribution is 5.98. The van der Waals surface area contributed by atoms with Crippen molar-refractivity contribution in [3.63, 3.8) is 0 Å². The van der Waals surface area contributed by atoms with Crippen LogP contribution in [0.2, 0.25) is 0 Å². The first-order valence-electron chi connectivity index (χ1n) is 11.8. The zero-order valence-electron chi connectivity index (χ0n) is 19.7. The van der Waals surface area contributed by atoms with Gasteiger partial charge >= 0.3 is 5.69 Å². The highest BCUT2D eigenvalue weighted by Crippen LogP contribution is 2.26. The van der Waals surface area contributed by atoms with Crippen molar-refractivity contribution < 1.29 is 4.74 Å². The molecule has 0 radical (unpaired) electrons. The summed E-state index contributed by atoms with van der Waals surface area (Å²) in [5.74, 6) is 0.849. The molecule has 0 aliphatic carbocycles. The first-order chi connectivity index (χ1) is 16.8. The lowest BCUT2D eigenvalue weighted by atomic mass is 10.1. The second-order valence-corrected chi connectivity index (χ2v) is 8.95. The zero-order valence-corrected chi connectivity index (χ0v) is 19.7. The number of rotatable bonds is 6. The lowest BCUT2D eigenvalue weighted by Gasteiger charge is -2.32. The number of nitrogens with zero attached hydrogens (tertiary/aromatic N) is 3. The fourth-order valence-corrected chi connectivity index (χ4v) is 4.92. The maximum atomic E-state index is 12.9. The molecule has 1 fully saturated rings. The van der Waals surface area contributed by atoms with Gasteiger partial charge in [0.15, 0.2) is 5.96 Å². The number of H-pyrrole nitrogens is 1. The van der Waals surface area contributed by atoms with Crippen LogP contribution in [-0.4, -0.2) is 50.0 Å². The number of nitrogen functional groups attached to an aromatic ring is 1. The number of ether oxygens (including phenoxy) is 1. The Morgan fingerprint density at radius 2 is 1.83 bits per heavy atom. The number of hydrogen-bond acceptors (Lipinski definition) is 4. The molecule has 1 saturated heterocycles. The van der Waals surface area contributed by atoms with Crippen LogP contribution in [-0.2, 0) is 13.1 Å². The van der Waals surface area contributed by atoms with Gasteiger partial charge in [0.2, 0.25) is 0 Å². The number of piperidine rings is 1. The molecule has 0 unspecified atom stereocenters. The molecule has 5 rings (SSSR count). The second-order valence-electron chi connectivity index (χ2n) is 8.95. The maximum Gasteiger partial charge on any atom is 0.326 e. The number of nitrogens with two attached hydrogens (primary N) is 2. The molecule has 1 aliphatic heterocycles. The Hall–Kier alpha value is -4.21. The van der Waals surface area contributed by atoms with Crippen molar-refractivity contribution >= 4 is 33.7 Å². The number of aryl methyl sites for hydroxylation is 1. The van der Waals surface area contributed by atoms with Crippen molar-refractivity contribution in [2.75, 3.05) is 13.1 Å². The van der Waals surface area contributed by atoms with Crippen molar-refractivity contribution in [3.05, 3.63) is 64.2 Å². The van der Waals surface area contributed by atoms with Gasteiger partial charge in [-0.05, 0) is 36.6 Å². The van der Waals surface area contributed by atoms with Gasteiger partial charge in [0.25, 0.3) is 0 Å². The summed E-state index contributed by atoms with van der Waals surface area (Å²) in [4.78, 5) is 17.7. The molecular weight excluding hydrogens is 444 g/mol. The summed E-state index contributed by atoms with van der Waals surface area (Å²) in [6.45, 7) is 4.58. The molecule has 0 amide bonds. The third-order valence-corrected chi connectivity index (χ3v) is 6.77. The Kier molecular flexibility index (Phi) is 5.72. The molecule has 7 N–H and O–H groups in total. The second kappa shape index (κ2) is 8.86. The van der Waals surface area contributed by atoms with E-state index in [4.69, 9.17) is 27.0 Å². The molecule has 182 valence electrons. The lowest BCUT2D eigenvalue weighted by Crippen LogP contribution is -2.44. The predicted molar refractivity (Wildman–Crippen MR) is 137 cm³/mol. The van der Waals surface area contributed by atoms with Crippen LogP contribution < -0.4 is 21.9 Å². The third-order valence-electron chi connectivity index (χ3n) is 6.77. The van der Waals surface area contributed by atoms with E-state index < -0.39 is 0 Å². The van der Waals surface area contributed by atoms with Crippen LogP contribution in [0.3, 0.4) is 0 Å². The SMILES string of the molecule is CCn1c(Cn2c(=O)[nH]c3ccc(OC4CCN(C(=N)N)CC4)cc32)cc2ccc(C(=N)N)cc21. The van der Waals surface area contributed by atoms with E-state index in [2.05, 4.69) is 22.5 Å². The normalized spacial score (nSPS) is 14.6. The topological polar surface area (TPSA) is 155 Å². The molecule has 10 heteroatoms. The molecular formula is C25H30N8O2. The van der Waals surface area contributed by atoms with Crippen LogP contribution in [0, 0.1) is 10.8 Å². The van der Waals surface area contributed by atoms with E-state index in [1.54, 1.807) is 4.57 Å². The van der Waals surface area contributed by atoms with E-state index in [0.717, 1.165) is 47.0 Å². The molecule has 2 aromatic heterocycles. The molecule has 0 bridgehead atoms. The summed E-state index contributed by atoms with van der Waals surface area (Å²) in [6, 6.07) is 13.5. The van der Waals surface area contributed by atoms with Gasteiger partial charge in [-0.15, -0.1) is 0 Å². The molecule has 35 heavy (non-hydrogen) atoms. The number of amidine groups is 1. The quantitative estimate of drug-likeness (QED) is 0.214. The van der Waals surface area contributed by atoms with Crippen molar-refractivity contribution in [1.82, 2.24) is 19.0 Å². The van der Waals surface area contributed by atoms with Crippen molar-refractivity contribution in [1.29, 1.82) is 10.8 Å². The van der Waals surface area contributed by atoms with Crippen LogP contribution in [0.4, 0.5) is 0 Å². The lowest BCUT2D eigenvalue weighted by molar-refractivity contribution is 0.130. The van der Waals surface area contributed by atoms with Gasteiger partial charge in [0.05, 0.1) is 17.6 Å². The Bertz CT molecular complexity index is 1490. The Morgan fingerprint density at radius 3 is 2.51 bits per heavy atom. The Balaban J connectivity index is 1.44. The van der Waals surface area contributed by atoms with Gasteiger partial charge < -0.3 is 30.7 Å². The van der Waals surface area contributed by atoms with Gasteiger partial charge in [-0.2, -0.15) is 0 Å². The van der Waals surface area contributed by atoms with Crippen LogP contribution in [0.1, 0.15) is 31.0 Å². The van der Waals surface area contributed by atoms with Crippen molar-refractivity contribution in [2.45, 2.75) is 39.0 Å². The number of aromatic amines is 1. The molecule has 0 atom stereocenters. The fourth-order valence-electron chi connectivity index (χ4n) is 4.92. The van der Waals surface area contributed by atoms with Gasteiger partial charge in [0.1, 0.15) is 17.7 Å². The van der Waals surface area contributed by atoms with Crippen LogP contribution in [0.25, 0.3) is 21.9 Å². The minimum atomic E-state index is -0.177. The predicted octanol–water partition coefficient (Wildman–Crippen LogP) is 2.37. The van der Waals surface area contributed by atoms with Crippen molar-refractivity contribution in [2.24, 2.45) is 11.5 Å². The summed E-state index contributed by atoms with van der Waals surface area (Å²) in [6.07, 6.45) is 1.62. The number of aromatic nitrogens is 3. The third kappa shape index (κ3) is 4.23. The van der Waals surface area contributed by atoms with E-state index in [-0.39, 0.29) is 23.6 Å².